The molecule has 3 unspecified atom stereocenters. The summed E-state index contributed by atoms with van der Waals surface area (Å²) in [4.78, 5) is 13.6. The molecule has 0 aromatic carbocycles. The van der Waals surface area contributed by atoms with Crippen molar-refractivity contribution in [2.24, 2.45) is 5.73 Å². The number of hydrogen-bond acceptors (Lipinski definition) is 4. The Morgan fingerprint density at radius 3 is 2.25 bits per heavy atom. The van der Waals surface area contributed by atoms with E-state index in [9.17, 15) is 4.79 Å². The van der Waals surface area contributed by atoms with Crippen LogP contribution in [0.15, 0.2) is 0 Å². The Labute approximate surface area is 96.9 Å². The van der Waals surface area contributed by atoms with Crippen LogP contribution in [0, 0.1) is 0 Å². The second kappa shape index (κ2) is 6.18. The molecule has 1 rings (SSSR count). The third-order valence-electron chi connectivity index (χ3n) is 3.13. The Morgan fingerprint density at radius 2 is 1.88 bits per heavy atom. The van der Waals surface area contributed by atoms with Gasteiger partial charge in [0.05, 0.1) is 0 Å². The maximum absolute atomic E-state index is 11.9. The third kappa shape index (κ3) is 3.17. The first-order valence-electron chi connectivity index (χ1n) is 5.71. The largest absolute Gasteiger partial charge is 0.377 e. The Hall–Kier alpha value is -0.650. The number of carbonyl (C=O) groups is 1. The van der Waals surface area contributed by atoms with E-state index in [-0.39, 0.29) is 24.2 Å². The normalized spacial score (nSPS) is 27.1. The molecule has 0 aromatic heterocycles. The highest BCUT2D eigenvalue weighted by Crippen LogP contribution is 2.17. The van der Waals surface area contributed by atoms with E-state index in [1.807, 2.05) is 6.92 Å². The van der Waals surface area contributed by atoms with Gasteiger partial charge in [0.25, 0.3) is 0 Å². The van der Waals surface area contributed by atoms with Gasteiger partial charge in [-0.3, -0.25) is 4.79 Å². The lowest BCUT2D eigenvalue weighted by Gasteiger charge is -2.17. The molecule has 1 amide bonds. The molecule has 1 aliphatic heterocycles. The number of amides is 1. The summed E-state index contributed by atoms with van der Waals surface area (Å²) in [5.74, 6) is 0.0935. The number of likely N-dealkylation sites (tertiary alicyclic amines) is 1. The van der Waals surface area contributed by atoms with Gasteiger partial charge in [-0.1, -0.05) is 6.92 Å². The molecule has 0 aliphatic carbocycles. The van der Waals surface area contributed by atoms with Crippen molar-refractivity contribution in [3.8, 4) is 0 Å². The van der Waals surface area contributed by atoms with Crippen molar-refractivity contribution in [2.75, 3.05) is 27.3 Å². The number of methoxy groups -OCH3 is 2. The molecule has 1 fully saturated rings. The molecule has 0 spiro atoms. The van der Waals surface area contributed by atoms with E-state index < -0.39 is 0 Å². The number of rotatable bonds is 5. The maximum atomic E-state index is 11.9. The van der Waals surface area contributed by atoms with E-state index in [0.29, 0.717) is 19.5 Å². The van der Waals surface area contributed by atoms with Crippen LogP contribution in [0.5, 0.6) is 0 Å². The van der Waals surface area contributed by atoms with Gasteiger partial charge in [-0.2, -0.15) is 0 Å². The minimum Gasteiger partial charge on any atom is -0.377 e. The molecule has 2 N–H and O–H groups in total. The average molecular weight is 230 g/mol. The Balaban J connectivity index is 2.47. The first kappa shape index (κ1) is 13.4. The topological polar surface area (TPSA) is 64.8 Å². The van der Waals surface area contributed by atoms with Gasteiger partial charge < -0.3 is 20.1 Å². The van der Waals surface area contributed by atoms with Gasteiger partial charge in [0.15, 0.2) is 0 Å². The highest BCUT2D eigenvalue weighted by atomic mass is 16.5. The Morgan fingerprint density at radius 1 is 1.38 bits per heavy atom. The molecular weight excluding hydrogens is 208 g/mol. The fraction of sp³-hybridized carbons (Fsp3) is 0.909. The van der Waals surface area contributed by atoms with Crippen LogP contribution in [-0.4, -0.2) is 56.4 Å². The van der Waals surface area contributed by atoms with E-state index in [2.05, 4.69) is 0 Å². The minimum absolute atomic E-state index is 0.0215. The number of nitrogens with zero attached hydrogens (tertiary/aromatic N) is 1. The van der Waals surface area contributed by atoms with E-state index in [0.717, 1.165) is 6.42 Å². The SMILES string of the molecule is CCC(N)CC(=O)N1CC(OC)C(OC)C1. The van der Waals surface area contributed by atoms with E-state index in [1.165, 1.54) is 0 Å². The van der Waals surface area contributed by atoms with E-state index in [4.69, 9.17) is 15.2 Å². The third-order valence-corrected chi connectivity index (χ3v) is 3.13. The molecule has 0 saturated carbocycles. The smallest absolute Gasteiger partial charge is 0.224 e. The fourth-order valence-corrected chi connectivity index (χ4v) is 1.90. The van der Waals surface area contributed by atoms with Crippen molar-refractivity contribution < 1.29 is 14.3 Å². The predicted octanol–water partition coefficient (Wildman–Crippen LogP) is -0.0140. The second-order valence-corrected chi connectivity index (χ2v) is 4.22. The molecular formula is C11H22N2O3. The van der Waals surface area contributed by atoms with Crippen LogP contribution in [0.2, 0.25) is 0 Å². The molecule has 1 aliphatic rings. The maximum Gasteiger partial charge on any atom is 0.224 e. The van der Waals surface area contributed by atoms with Crippen LogP contribution < -0.4 is 5.73 Å². The number of hydrogen-bond donors (Lipinski definition) is 1. The lowest BCUT2D eigenvalue weighted by atomic mass is 10.1. The quantitative estimate of drug-likeness (QED) is 0.721. The van der Waals surface area contributed by atoms with Gasteiger partial charge in [-0.25, -0.2) is 0 Å². The Bertz CT molecular complexity index is 223. The summed E-state index contributed by atoms with van der Waals surface area (Å²) in [7, 11) is 3.28. The van der Waals surface area contributed by atoms with Crippen molar-refractivity contribution in [3.63, 3.8) is 0 Å². The standard InChI is InChI=1S/C11H22N2O3/c1-4-8(12)5-11(14)13-6-9(15-2)10(7-13)16-3/h8-10H,4-7,12H2,1-3H3. The first-order chi connectivity index (χ1) is 7.62. The highest BCUT2D eigenvalue weighted by molar-refractivity contribution is 5.77. The molecule has 0 bridgehead atoms. The van der Waals surface area contributed by atoms with Crippen molar-refractivity contribution in [1.82, 2.24) is 4.90 Å². The van der Waals surface area contributed by atoms with E-state index >= 15 is 0 Å². The first-order valence-corrected chi connectivity index (χ1v) is 5.71. The summed E-state index contributed by atoms with van der Waals surface area (Å²) >= 11 is 0. The zero-order valence-corrected chi connectivity index (χ0v) is 10.3. The van der Waals surface area contributed by atoms with Crippen molar-refractivity contribution >= 4 is 5.91 Å². The minimum atomic E-state index is -0.0462. The van der Waals surface area contributed by atoms with Crippen molar-refractivity contribution in [2.45, 2.75) is 38.0 Å². The average Bonchev–Trinajstić information content (AvgIpc) is 2.71. The second-order valence-electron chi connectivity index (χ2n) is 4.22. The summed E-state index contributed by atoms with van der Waals surface area (Å²) in [5.41, 5.74) is 5.77. The van der Waals surface area contributed by atoms with Gasteiger partial charge in [0, 0.05) is 39.8 Å². The van der Waals surface area contributed by atoms with Crippen LogP contribution in [0.4, 0.5) is 0 Å². The van der Waals surface area contributed by atoms with Crippen LogP contribution in [-0.2, 0) is 14.3 Å². The van der Waals surface area contributed by atoms with Gasteiger partial charge in [0.1, 0.15) is 12.2 Å². The van der Waals surface area contributed by atoms with Crippen LogP contribution in [0.25, 0.3) is 0 Å². The highest BCUT2D eigenvalue weighted by Gasteiger charge is 2.35. The molecule has 16 heavy (non-hydrogen) atoms. The molecule has 1 saturated heterocycles. The number of carbonyl (C=O) groups excluding carboxylic acids is 1. The summed E-state index contributed by atoms with van der Waals surface area (Å²) in [6.07, 6.45) is 1.18. The van der Waals surface area contributed by atoms with Crippen molar-refractivity contribution in [3.05, 3.63) is 0 Å². The molecule has 3 atom stereocenters. The van der Waals surface area contributed by atoms with Gasteiger partial charge in [-0.15, -0.1) is 0 Å². The molecule has 5 heteroatoms. The lowest BCUT2D eigenvalue weighted by molar-refractivity contribution is -0.131. The Kier molecular flexibility index (Phi) is 5.18. The van der Waals surface area contributed by atoms with Crippen LogP contribution in [0.1, 0.15) is 19.8 Å². The van der Waals surface area contributed by atoms with Crippen LogP contribution in [0.3, 0.4) is 0 Å². The number of nitrogens with two attached hydrogens (primary N) is 1. The summed E-state index contributed by atoms with van der Waals surface area (Å²) in [6.45, 7) is 3.19. The lowest BCUT2D eigenvalue weighted by Crippen LogP contribution is -2.35. The molecule has 94 valence electrons. The molecule has 5 nitrogen and oxygen atoms in total. The van der Waals surface area contributed by atoms with Gasteiger partial charge in [0.2, 0.25) is 5.91 Å². The monoisotopic (exact) mass is 230 g/mol. The summed E-state index contributed by atoms with van der Waals surface area (Å²) < 4.78 is 10.6. The van der Waals surface area contributed by atoms with E-state index in [1.54, 1.807) is 19.1 Å². The zero-order valence-electron chi connectivity index (χ0n) is 10.3. The zero-order chi connectivity index (χ0) is 12.1. The fourth-order valence-electron chi connectivity index (χ4n) is 1.90. The molecule has 0 aromatic rings. The predicted molar refractivity (Wildman–Crippen MR) is 61.1 cm³/mol. The van der Waals surface area contributed by atoms with Gasteiger partial charge in [-0.05, 0) is 6.42 Å². The van der Waals surface area contributed by atoms with Crippen LogP contribution >= 0.6 is 0 Å². The van der Waals surface area contributed by atoms with Gasteiger partial charge >= 0.3 is 0 Å². The molecule has 1 heterocycles. The molecule has 0 radical (unpaired) electrons. The summed E-state index contributed by atoms with van der Waals surface area (Å²) in [6, 6.07) is -0.0462. The number of ether oxygens (including phenoxy) is 2. The van der Waals surface area contributed by atoms with Crippen molar-refractivity contribution in [1.29, 1.82) is 0 Å². The summed E-state index contributed by atoms with van der Waals surface area (Å²) in [5, 5.41) is 0.